The number of hydrogen-bond acceptors (Lipinski definition) is 3. The number of nitrogens with two attached hydrogens (primary N) is 1. The summed E-state index contributed by atoms with van der Waals surface area (Å²) in [4.78, 5) is 14.4. The van der Waals surface area contributed by atoms with Gasteiger partial charge in [-0.25, -0.2) is 4.98 Å². The van der Waals surface area contributed by atoms with Gasteiger partial charge < -0.3 is 10.5 Å². The summed E-state index contributed by atoms with van der Waals surface area (Å²) in [5, 5.41) is 0. The lowest BCUT2D eigenvalue weighted by molar-refractivity contribution is -0.190. The molecule has 0 aliphatic rings. The molecule has 1 rings (SSSR count). The lowest BCUT2D eigenvalue weighted by Gasteiger charge is -2.17. The number of nitrogens with zero attached hydrogens (tertiary/aromatic N) is 1. The third-order valence-corrected chi connectivity index (χ3v) is 1.79. The van der Waals surface area contributed by atoms with Gasteiger partial charge in [0, 0.05) is 6.20 Å². The van der Waals surface area contributed by atoms with Gasteiger partial charge in [-0.2, -0.15) is 13.2 Å². The van der Waals surface area contributed by atoms with E-state index in [0.717, 1.165) is 6.92 Å². The summed E-state index contributed by atoms with van der Waals surface area (Å²) in [6.45, 7) is 0.819. The van der Waals surface area contributed by atoms with Crippen molar-refractivity contribution in [3.63, 3.8) is 0 Å². The molecule has 0 aliphatic carbocycles. The van der Waals surface area contributed by atoms with E-state index in [4.69, 9.17) is 5.73 Å². The van der Waals surface area contributed by atoms with Gasteiger partial charge in [-0.05, 0) is 19.1 Å². The first kappa shape index (κ1) is 12.3. The molecular formula is C9H9F3N2O2. The van der Waals surface area contributed by atoms with Crippen molar-refractivity contribution in [1.29, 1.82) is 0 Å². The lowest BCUT2D eigenvalue weighted by atomic mass is 10.2. The number of hydrogen-bond donors (Lipinski definition) is 1. The van der Waals surface area contributed by atoms with Crippen LogP contribution in [-0.2, 0) is 0 Å². The van der Waals surface area contributed by atoms with Gasteiger partial charge in [-0.3, -0.25) is 4.79 Å². The van der Waals surface area contributed by atoms with Crippen LogP contribution in [0.2, 0.25) is 0 Å². The Morgan fingerprint density at radius 1 is 1.56 bits per heavy atom. The predicted octanol–water partition coefficient (Wildman–Crippen LogP) is 1.51. The van der Waals surface area contributed by atoms with Crippen LogP contribution in [0.25, 0.3) is 0 Å². The first-order valence-corrected chi connectivity index (χ1v) is 4.30. The Labute approximate surface area is 89.2 Å². The average Bonchev–Trinajstić information content (AvgIpc) is 2.16. The van der Waals surface area contributed by atoms with Crippen molar-refractivity contribution in [2.24, 2.45) is 5.73 Å². The molecule has 1 aromatic rings. The van der Waals surface area contributed by atoms with Crippen LogP contribution in [-0.4, -0.2) is 23.2 Å². The molecule has 0 spiro atoms. The molecule has 0 bridgehead atoms. The van der Waals surface area contributed by atoms with Gasteiger partial charge in [0.05, 0.1) is 0 Å². The number of alkyl halides is 3. The van der Waals surface area contributed by atoms with Crippen LogP contribution < -0.4 is 10.5 Å². The lowest BCUT2D eigenvalue weighted by Crippen LogP contribution is -2.32. The SMILES string of the molecule is C[C@H](Oc1ncccc1C(N)=O)C(F)(F)F. The van der Waals surface area contributed by atoms with Gasteiger partial charge in [-0.1, -0.05) is 0 Å². The number of carbonyl (C=O) groups is 1. The fourth-order valence-electron chi connectivity index (χ4n) is 0.907. The first-order valence-electron chi connectivity index (χ1n) is 4.30. The van der Waals surface area contributed by atoms with E-state index >= 15 is 0 Å². The third kappa shape index (κ3) is 2.85. The van der Waals surface area contributed by atoms with Crippen LogP contribution in [0.3, 0.4) is 0 Å². The fourth-order valence-corrected chi connectivity index (χ4v) is 0.907. The Kier molecular flexibility index (Phi) is 3.36. The normalized spacial score (nSPS) is 13.2. The predicted molar refractivity (Wildman–Crippen MR) is 48.9 cm³/mol. The van der Waals surface area contributed by atoms with Crippen molar-refractivity contribution in [3.8, 4) is 5.88 Å². The molecule has 0 fully saturated rings. The van der Waals surface area contributed by atoms with Gasteiger partial charge in [0.1, 0.15) is 5.56 Å². The minimum Gasteiger partial charge on any atom is -0.464 e. The summed E-state index contributed by atoms with van der Waals surface area (Å²) in [6, 6.07) is 2.62. The minimum atomic E-state index is -4.52. The molecule has 0 aromatic carbocycles. The highest BCUT2D eigenvalue weighted by atomic mass is 19.4. The zero-order chi connectivity index (χ0) is 12.3. The van der Waals surface area contributed by atoms with Gasteiger partial charge in [0.25, 0.3) is 5.91 Å². The third-order valence-electron chi connectivity index (χ3n) is 1.79. The number of ether oxygens (including phenoxy) is 1. The molecular weight excluding hydrogens is 225 g/mol. The second kappa shape index (κ2) is 4.38. The summed E-state index contributed by atoms with van der Waals surface area (Å²) in [5.74, 6) is -1.31. The Morgan fingerprint density at radius 3 is 2.69 bits per heavy atom. The Balaban J connectivity index is 2.93. The molecule has 0 unspecified atom stereocenters. The van der Waals surface area contributed by atoms with Crippen LogP contribution in [0.4, 0.5) is 13.2 Å². The molecule has 0 radical (unpaired) electrons. The number of primary amides is 1. The average molecular weight is 234 g/mol. The molecule has 88 valence electrons. The monoisotopic (exact) mass is 234 g/mol. The van der Waals surface area contributed by atoms with E-state index in [-0.39, 0.29) is 5.56 Å². The van der Waals surface area contributed by atoms with Crippen molar-refractivity contribution in [1.82, 2.24) is 4.98 Å². The molecule has 0 saturated heterocycles. The van der Waals surface area contributed by atoms with Gasteiger partial charge in [0.15, 0.2) is 6.10 Å². The summed E-state index contributed by atoms with van der Waals surface area (Å²) in [5.41, 5.74) is 4.78. The van der Waals surface area contributed by atoms with Crippen molar-refractivity contribution in [2.45, 2.75) is 19.2 Å². The molecule has 1 amide bonds. The Bertz CT molecular complexity index is 393. The second-order valence-corrected chi connectivity index (χ2v) is 3.02. The van der Waals surface area contributed by atoms with Gasteiger partial charge in [-0.15, -0.1) is 0 Å². The van der Waals surface area contributed by atoms with Crippen molar-refractivity contribution < 1.29 is 22.7 Å². The highest BCUT2D eigenvalue weighted by molar-refractivity contribution is 5.94. The molecule has 0 saturated carbocycles. The van der Waals surface area contributed by atoms with Crippen molar-refractivity contribution >= 4 is 5.91 Å². The largest absolute Gasteiger partial charge is 0.464 e. The van der Waals surface area contributed by atoms with E-state index in [1.807, 2.05) is 0 Å². The van der Waals surface area contributed by atoms with Crippen LogP contribution in [0.15, 0.2) is 18.3 Å². The molecule has 16 heavy (non-hydrogen) atoms. The second-order valence-electron chi connectivity index (χ2n) is 3.02. The number of halogens is 3. The summed E-state index contributed by atoms with van der Waals surface area (Å²) < 4.78 is 41.1. The molecule has 2 N–H and O–H groups in total. The van der Waals surface area contributed by atoms with Crippen LogP contribution in [0, 0.1) is 0 Å². The van der Waals surface area contributed by atoms with Crippen LogP contribution >= 0.6 is 0 Å². The highest BCUT2D eigenvalue weighted by Crippen LogP contribution is 2.25. The maximum absolute atomic E-state index is 12.2. The molecule has 7 heteroatoms. The molecule has 0 aliphatic heterocycles. The van der Waals surface area contributed by atoms with Crippen LogP contribution in [0.5, 0.6) is 5.88 Å². The number of rotatable bonds is 3. The van der Waals surface area contributed by atoms with E-state index < -0.39 is 24.1 Å². The van der Waals surface area contributed by atoms with Gasteiger partial charge >= 0.3 is 6.18 Å². The quantitative estimate of drug-likeness (QED) is 0.862. The van der Waals surface area contributed by atoms with Gasteiger partial charge in [0.2, 0.25) is 5.88 Å². The van der Waals surface area contributed by atoms with Crippen molar-refractivity contribution in [3.05, 3.63) is 23.9 Å². The molecule has 1 aromatic heterocycles. The summed E-state index contributed by atoms with van der Waals surface area (Å²) in [6.07, 6.45) is -5.36. The highest BCUT2D eigenvalue weighted by Gasteiger charge is 2.38. The maximum Gasteiger partial charge on any atom is 0.425 e. The number of aromatic nitrogens is 1. The minimum absolute atomic E-state index is 0.182. The topological polar surface area (TPSA) is 65.2 Å². The van der Waals surface area contributed by atoms with E-state index in [1.165, 1.54) is 18.3 Å². The number of amides is 1. The number of carbonyl (C=O) groups excluding carboxylic acids is 1. The molecule has 1 atom stereocenters. The molecule has 1 heterocycles. The standard InChI is InChI=1S/C9H9F3N2O2/c1-5(9(10,11)12)16-8-6(7(13)15)3-2-4-14-8/h2-5H,1H3,(H2,13,15)/t5-/m0/s1. The van der Waals surface area contributed by atoms with Crippen molar-refractivity contribution in [2.75, 3.05) is 0 Å². The molecule has 4 nitrogen and oxygen atoms in total. The maximum atomic E-state index is 12.2. The van der Waals surface area contributed by atoms with E-state index in [9.17, 15) is 18.0 Å². The summed E-state index contributed by atoms with van der Waals surface area (Å²) >= 11 is 0. The zero-order valence-electron chi connectivity index (χ0n) is 8.28. The van der Waals surface area contributed by atoms with Crippen LogP contribution in [0.1, 0.15) is 17.3 Å². The summed E-state index contributed by atoms with van der Waals surface area (Å²) in [7, 11) is 0. The smallest absolute Gasteiger partial charge is 0.425 e. The zero-order valence-corrected chi connectivity index (χ0v) is 8.28. The Hall–Kier alpha value is -1.79. The van der Waals surface area contributed by atoms with E-state index in [0.29, 0.717) is 0 Å². The first-order chi connectivity index (χ1) is 7.32. The number of pyridine rings is 1. The van der Waals surface area contributed by atoms with E-state index in [2.05, 4.69) is 9.72 Å². The fraction of sp³-hybridized carbons (Fsp3) is 0.333. The Morgan fingerprint density at radius 2 is 2.19 bits per heavy atom. The van der Waals surface area contributed by atoms with E-state index in [1.54, 1.807) is 0 Å².